The first-order chi connectivity index (χ1) is 18.2. The van der Waals surface area contributed by atoms with Crippen molar-refractivity contribution in [3.05, 3.63) is 58.1 Å². The maximum Gasteiger partial charge on any atom is 0.192 e. The van der Waals surface area contributed by atoms with Gasteiger partial charge in [-0.25, -0.2) is 9.97 Å². The van der Waals surface area contributed by atoms with Gasteiger partial charge in [-0.15, -0.1) is 0 Å². The molecule has 2 aliphatic rings. The molecule has 0 N–H and O–H groups in total. The Hall–Kier alpha value is -1.85. The number of rotatable bonds is 7. The smallest absolute Gasteiger partial charge is 0.192 e. The van der Waals surface area contributed by atoms with E-state index in [0.29, 0.717) is 33.4 Å². The summed E-state index contributed by atoms with van der Waals surface area (Å²) in [6.07, 6.45) is 1.41. The second kappa shape index (κ2) is 10.2. The molecule has 4 heterocycles. The van der Waals surface area contributed by atoms with Crippen molar-refractivity contribution in [2.24, 2.45) is 0 Å². The minimum atomic E-state index is -2.04. The minimum absolute atomic E-state index is 0.0435. The van der Waals surface area contributed by atoms with Crippen molar-refractivity contribution in [1.29, 1.82) is 0 Å². The van der Waals surface area contributed by atoms with Crippen LogP contribution in [0, 0.1) is 0 Å². The Bertz CT molecular complexity index is 1400. The monoisotopic (exact) mass is 591 g/mol. The van der Waals surface area contributed by atoms with Crippen molar-refractivity contribution in [2.45, 2.75) is 96.1 Å². The first kappa shape index (κ1) is 28.7. The van der Waals surface area contributed by atoms with Gasteiger partial charge in [0.2, 0.25) is 0 Å². The van der Waals surface area contributed by atoms with Gasteiger partial charge in [-0.05, 0) is 61.8 Å². The number of Topliss-reactive ketones (excluding diaryl/α,β-unsaturated/α-hetero) is 1. The molecule has 1 aromatic carbocycles. The van der Waals surface area contributed by atoms with Gasteiger partial charge >= 0.3 is 0 Å². The summed E-state index contributed by atoms with van der Waals surface area (Å²) < 4.78 is 27.3. The fourth-order valence-electron chi connectivity index (χ4n) is 4.91. The normalized spacial score (nSPS) is 24.8. The number of ketones is 1. The second-order valence-electron chi connectivity index (χ2n) is 12.2. The van der Waals surface area contributed by atoms with Crippen molar-refractivity contribution in [3.8, 4) is 0 Å². The molecule has 3 aromatic rings. The maximum atomic E-state index is 13.7. The van der Waals surface area contributed by atoms with Crippen molar-refractivity contribution in [3.63, 3.8) is 0 Å². The van der Waals surface area contributed by atoms with Gasteiger partial charge in [0.05, 0.1) is 18.1 Å². The van der Waals surface area contributed by atoms with E-state index < -0.39 is 38.6 Å². The van der Waals surface area contributed by atoms with E-state index in [1.807, 2.05) is 36.7 Å². The molecule has 0 unspecified atom stereocenters. The molecule has 8 nitrogen and oxygen atoms in total. The fraction of sp³-hybridized carbons (Fsp3) is 0.536. The Morgan fingerprint density at radius 2 is 1.85 bits per heavy atom. The largest absolute Gasteiger partial charge is 0.413 e. The third-order valence-corrected chi connectivity index (χ3v) is 13.0. The molecular weight excluding hydrogens is 557 g/mol. The summed E-state index contributed by atoms with van der Waals surface area (Å²) in [5.74, 6) is -0.891. The van der Waals surface area contributed by atoms with Crippen LogP contribution in [-0.4, -0.2) is 52.7 Å². The quantitative estimate of drug-likeness (QED) is 0.167. The predicted molar refractivity (Wildman–Crippen MR) is 153 cm³/mol. The molecule has 0 saturated carbocycles. The van der Waals surface area contributed by atoms with E-state index in [0.717, 1.165) is 5.56 Å². The standard InChI is InChI=1S/C28H35Cl2N3O5Si/c1-27(2,3)39(6,7)35-14-16-12-17(29)8-9-18(16)20(34)13-21-22-23(38-28(4,5)37-22)26(36-21)33-11-10-19-24(30)31-15-32-25(19)33/h8-12,15,21-23,26H,13-14H2,1-7H3/t21-,22-,23-,26-/m1/s1. The van der Waals surface area contributed by atoms with Crippen LogP contribution in [-0.2, 0) is 25.2 Å². The van der Waals surface area contributed by atoms with Crippen molar-refractivity contribution in [1.82, 2.24) is 14.5 Å². The lowest BCUT2D eigenvalue weighted by Crippen LogP contribution is -2.40. The van der Waals surface area contributed by atoms with E-state index in [4.69, 9.17) is 41.8 Å². The van der Waals surface area contributed by atoms with Gasteiger partial charge < -0.3 is 23.2 Å². The van der Waals surface area contributed by atoms with Gasteiger partial charge in [0.15, 0.2) is 26.1 Å². The van der Waals surface area contributed by atoms with E-state index in [9.17, 15) is 4.79 Å². The van der Waals surface area contributed by atoms with Crippen LogP contribution in [0.4, 0.5) is 0 Å². The number of halogens is 2. The van der Waals surface area contributed by atoms with Crippen LogP contribution >= 0.6 is 23.2 Å². The molecule has 11 heteroatoms. The molecule has 4 atom stereocenters. The van der Waals surface area contributed by atoms with Gasteiger partial charge in [-0.3, -0.25) is 4.79 Å². The number of ether oxygens (including phenoxy) is 3. The van der Waals surface area contributed by atoms with Gasteiger partial charge in [0, 0.05) is 23.2 Å². The SMILES string of the molecule is CC1(C)O[C@@H]2[C@H](O1)[C@@H](CC(=O)c1ccc(Cl)cc1CO[Si](C)(C)C(C)(C)C)O[C@H]2n1ccc2c(Cl)ncnc21. The zero-order chi connectivity index (χ0) is 28.3. The Kier molecular flexibility index (Phi) is 7.50. The third-order valence-electron chi connectivity index (χ3n) is 8.01. The Labute approximate surface area is 240 Å². The summed E-state index contributed by atoms with van der Waals surface area (Å²) >= 11 is 12.6. The lowest BCUT2D eigenvalue weighted by atomic mass is 9.97. The van der Waals surface area contributed by atoms with Crippen LogP contribution in [0.15, 0.2) is 36.8 Å². The predicted octanol–water partition coefficient (Wildman–Crippen LogP) is 6.95. The number of benzene rings is 1. The molecular formula is C28H35Cl2N3O5Si. The Balaban J connectivity index is 1.40. The average Bonchev–Trinajstić information content (AvgIpc) is 3.49. The Morgan fingerprint density at radius 1 is 1.13 bits per heavy atom. The van der Waals surface area contributed by atoms with Crippen LogP contribution in [0.2, 0.25) is 28.3 Å². The van der Waals surface area contributed by atoms with Crippen LogP contribution in [0.3, 0.4) is 0 Å². The maximum absolute atomic E-state index is 13.7. The molecule has 2 aliphatic heterocycles. The summed E-state index contributed by atoms with van der Waals surface area (Å²) in [4.78, 5) is 22.2. The summed E-state index contributed by atoms with van der Waals surface area (Å²) in [5, 5.41) is 1.68. The summed E-state index contributed by atoms with van der Waals surface area (Å²) in [7, 11) is -2.04. The molecule has 2 saturated heterocycles. The highest BCUT2D eigenvalue weighted by atomic mass is 35.5. The molecule has 0 spiro atoms. The number of hydrogen-bond donors (Lipinski definition) is 0. The molecule has 0 aliphatic carbocycles. The number of carbonyl (C=O) groups excluding carboxylic acids is 1. The number of nitrogens with zero attached hydrogens (tertiary/aromatic N) is 3. The molecule has 2 aromatic heterocycles. The molecule has 0 bridgehead atoms. The van der Waals surface area contributed by atoms with E-state index in [1.54, 1.807) is 12.1 Å². The van der Waals surface area contributed by atoms with Crippen molar-refractivity contribution >= 4 is 48.3 Å². The van der Waals surface area contributed by atoms with Crippen LogP contribution in [0.25, 0.3) is 11.0 Å². The highest BCUT2D eigenvalue weighted by Crippen LogP contribution is 2.45. The second-order valence-corrected chi connectivity index (χ2v) is 17.8. The third kappa shape index (κ3) is 5.55. The number of carbonyl (C=O) groups is 1. The number of hydrogen-bond acceptors (Lipinski definition) is 7. The van der Waals surface area contributed by atoms with Gasteiger partial charge in [0.1, 0.15) is 29.3 Å². The molecule has 5 rings (SSSR count). The van der Waals surface area contributed by atoms with Gasteiger partial charge in [-0.1, -0.05) is 44.0 Å². The zero-order valence-corrected chi connectivity index (χ0v) is 25.8. The highest BCUT2D eigenvalue weighted by molar-refractivity contribution is 6.74. The van der Waals surface area contributed by atoms with Crippen molar-refractivity contribution in [2.75, 3.05) is 0 Å². The summed E-state index contributed by atoms with van der Waals surface area (Å²) in [6, 6.07) is 7.17. The first-order valence-electron chi connectivity index (χ1n) is 13.1. The number of fused-ring (bicyclic) bond motifs is 2. The van der Waals surface area contributed by atoms with Crippen molar-refractivity contribution < 1.29 is 23.4 Å². The first-order valence-corrected chi connectivity index (χ1v) is 16.8. The molecule has 2 fully saturated rings. The molecule has 0 radical (unpaired) electrons. The van der Waals surface area contributed by atoms with Crippen LogP contribution in [0.5, 0.6) is 0 Å². The molecule has 0 amide bonds. The summed E-state index contributed by atoms with van der Waals surface area (Å²) in [5.41, 5.74) is 1.97. The Morgan fingerprint density at radius 3 is 2.56 bits per heavy atom. The van der Waals surface area contributed by atoms with E-state index in [-0.39, 0.29) is 17.2 Å². The molecule has 39 heavy (non-hydrogen) atoms. The highest BCUT2D eigenvalue weighted by Gasteiger charge is 2.56. The fourth-order valence-corrected chi connectivity index (χ4v) is 6.25. The van der Waals surface area contributed by atoms with E-state index in [1.165, 1.54) is 6.33 Å². The van der Waals surface area contributed by atoms with E-state index >= 15 is 0 Å². The molecule has 210 valence electrons. The topological polar surface area (TPSA) is 84.7 Å². The average molecular weight is 593 g/mol. The van der Waals surface area contributed by atoms with Crippen LogP contribution in [0.1, 0.15) is 63.2 Å². The zero-order valence-electron chi connectivity index (χ0n) is 23.3. The van der Waals surface area contributed by atoms with Crippen LogP contribution < -0.4 is 0 Å². The van der Waals surface area contributed by atoms with Gasteiger partial charge in [-0.2, -0.15) is 0 Å². The summed E-state index contributed by atoms with van der Waals surface area (Å²) in [6.45, 7) is 15.0. The number of aromatic nitrogens is 3. The lowest BCUT2D eigenvalue weighted by molar-refractivity contribution is -0.195. The minimum Gasteiger partial charge on any atom is -0.413 e. The lowest BCUT2D eigenvalue weighted by Gasteiger charge is -2.36. The van der Waals surface area contributed by atoms with Gasteiger partial charge in [0.25, 0.3) is 0 Å². The van der Waals surface area contributed by atoms with E-state index in [2.05, 4.69) is 43.8 Å².